The van der Waals surface area contributed by atoms with Crippen LogP contribution in [0.3, 0.4) is 0 Å². The van der Waals surface area contributed by atoms with Crippen LogP contribution in [0.2, 0.25) is 0 Å². The topological polar surface area (TPSA) is 77.3 Å². The summed E-state index contributed by atoms with van der Waals surface area (Å²) in [6, 6.07) is 4.03. The van der Waals surface area contributed by atoms with Crippen molar-refractivity contribution in [2.24, 2.45) is 5.92 Å². The van der Waals surface area contributed by atoms with Gasteiger partial charge in [0.1, 0.15) is 12.2 Å². The molecule has 7 heteroatoms. The van der Waals surface area contributed by atoms with Crippen LogP contribution in [-0.2, 0) is 16.1 Å². The molecule has 2 bridgehead atoms. The minimum absolute atomic E-state index is 0.0187. The number of ether oxygens (including phenoxy) is 1. The number of nitrogens with zero attached hydrogens (tertiary/aromatic N) is 4. The first-order valence-electron chi connectivity index (χ1n) is 9.59. The molecule has 142 valence electrons. The molecule has 2 aliphatic heterocycles. The van der Waals surface area contributed by atoms with E-state index in [0.717, 1.165) is 30.5 Å². The summed E-state index contributed by atoms with van der Waals surface area (Å²) in [6.45, 7) is 3.05. The van der Waals surface area contributed by atoms with Crippen LogP contribution in [0.1, 0.15) is 43.1 Å². The van der Waals surface area contributed by atoms with Crippen molar-refractivity contribution in [1.82, 2.24) is 19.7 Å². The van der Waals surface area contributed by atoms with E-state index in [2.05, 4.69) is 10.1 Å². The van der Waals surface area contributed by atoms with Gasteiger partial charge in [0.05, 0.1) is 12.8 Å². The molecule has 3 aliphatic rings. The molecule has 7 nitrogen and oxygen atoms in total. The zero-order valence-electron chi connectivity index (χ0n) is 15.5. The lowest BCUT2D eigenvalue weighted by atomic mass is 9.80. The standard InChI is InChI=1S/C20H24N4O3/c1-2-27-19(25)13-23-12-16(10-22-23)15-7-8-21-18(9-15)20(26)24-11-14-3-5-17(24)6-4-14/h7-10,12,14,17H,2-6,11,13H2,1H3. The van der Waals surface area contributed by atoms with E-state index in [4.69, 9.17) is 4.74 Å². The normalized spacial score (nSPS) is 21.3. The van der Waals surface area contributed by atoms with Crippen molar-refractivity contribution in [1.29, 1.82) is 0 Å². The summed E-state index contributed by atoms with van der Waals surface area (Å²) in [5, 5.41) is 4.21. The summed E-state index contributed by atoms with van der Waals surface area (Å²) in [6.07, 6.45) is 9.82. The highest BCUT2D eigenvalue weighted by molar-refractivity contribution is 5.93. The van der Waals surface area contributed by atoms with Gasteiger partial charge in [0, 0.05) is 30.5 Å². The van der Waals surface area contributed by atoms with E-state index in [0.29, 0.717) is 24.3 Å². The largest absolute Gasteiger partial charge is 0.465 e. The van der Waals surface area contributed by atoms with Gasteiger partial charge in [-0.3, -0.25) is 19.3 Å². The van der Waals surface area contributed by atoms with Gasteiger partial charge in [-0.05, 0) is 56.2 Å². The van der Waals surface area contributed by atoms with E-state index in [1.54, 1.807) is 30.2 Å². The Kier molecular flexibility index (Phi) is 4.92. The van der Waals surface area contributed by atoms with Gasteiger partial charge in [0.2, 0.25) is 0 Å². The molecule has 27 heavy (non-hydrogen) atoms. The quantitative estimate of drug-likeness (QED) is 0.758. The zero-order chi connectivity index (χ0) is 18.8. The second-order valence-electron chi connectivity index (χ2n) is 7.29. The summed E-state index contributed by atoms with van der Waals surface area (Å²) in [7, 11) is 0. The maximum atomic E-state index is 13.0. The first kappa shape index (κ1) is 17.7. The molecule has 0 atom stereocenters. The number of fused-ring (bicyclic) bond motifs is 3. The van der Waals surface area contributed by atoms with Gasteiger partial charge < -0.3 is 9.64 Å². The van der Waals surface area contributed by atoms with Gasteiger partial charge in [0.15, 0.2) is 0 Å². The molecule has 1 amide bonds. The number of esters is 1. The summed E-state index contributed by atoms with van der Waals surface area (Å²) in [4.78, 5) is 30.9. The van der Waals surface area contributed by atoms with Crippen LogP contribution in [0.4, 0.5) is 0 Å². The lowest BCUT2D eigenvalue weighted by molar-refractivity contribution is -0.144. The van der Waals surface area contributed by atoms with Crippen LogP contribution in [0.25, 0.3) is 11.1 Å². The molecular formula is C20H24N4O3. The lowest BCUT2D eigenvalue weighted by Crippen LogP contribution is -2.51. The van der Waals surface area contributed by atoms with E-state index in [1.165, 1.54) is 12.8 Å². The third kappa shape index (κ3) is 3.72. The highest BCUT2D eigenvalue weighted by Crippen LogP contribution is 2.35. The highest BCUT2D eigenvalue weighted by atomic mass is 16.5. The van der Waals surface area contributed by atoms with Gasteiger partial charge >= 0.3 is 5.97 Å². The van der Waals surface area contributed by atoms with Crippen LogP contribution in [0, 0.1) is 5.92 Å². The van der Waals surface area contributed by atoms with Crippen LogP contribution >= 0.6 is 0 Å². The molecule has 0 radical (unpaired) electrons. The van der Waals surface area contributed by atoms with Crippen molar-refractivity contribution in [3.63, 3.8) is 0 Å². The van der Waals surface area contributed by atoms with Gasteiger partial charge in [-0.1, -0.05) is 0 Å². The van der Waals surface area contributed by atoms with Crippen molar-refractivity contribution in [3.05, 3.63) is 36.4 Å². The fourth-order valence-electron chi connectivity index (χ4n) is 4.13. The van der Waals surface area contributed by atoms with Crippen LogP contribution in [0.15, 0.2) is 30.7 Å². The Labute approximate surface area is 158 Å². The molecule has 4 heterocycles. The van der Waals surface area contributed by atoms with E-state index < -0.39 is 0 Å². The Morgan fingerprint density at radius 3 is 2.74 bits per heavy atom. The van der Waals surface area contributed by atoms with Gasteiger partial charge in [-0.2, -0.15) is 5.10 Å². The van der Waals surface area contributed by atoms with Crippen LogP contribution in [0.5, 0.6) is 0 Å². The van der Waals surface area contributed by atoms with Crippen molar-refractivity contribution < 1.29 is 14.3 Å². The average Bonchev–Trinajstić information content (AvgIpc) is 3.17. The lowest BCUT2D eigenvalue weighted by Gasteiger charge is -2.45. The van der Waals surface area contributed by atoms with E-state index in [1.807, 2.05) is 17.0 Å². The molecule has 2 aromatic heterocycles. The first-order valence-corrected chi connectivity index (χ1v) is 9.59. The average molecular weight is 368 g/mol. The highest BCUT2D eigenvalue weighted by Gasteiger charge is 2.37. The molecule has 0 spiro atoms. The minimum Gasteiger partial charge on any atom is -0.465 e. The molecule has 3 fully saturated rings. The number of aromatic nitrogens is 3. The predicted molar refractivity (Wildman–Crippen MR) is 98.9 cm³/mol. The smallest absolute Gasteiger partial charge is 0.327 e. The van der Waals surface area contributed by atoms with Crippen LogP contribution < -0.4 is 0 Å². The van der Waals surface area contributed by atoms with Crippen molar-refractivity contribution >= 4 is 11.9 Å². The fourth-order valence-corrected chi connectivity index (χ4v) is 4.13. The Morgan fingerprint density at radius 2 is 2.04 bits per heavy atom. The van der Waals surface area contributed by atoms with Crippen molar-refractivity contribution in [2.45, 2.75) is 45.2 Å². The van der Waals surface area contributed by atoms with E-state index in [9.17, 15) is 9.59 Å². The Morgan fingerprint density at radius 1 is 1.22 bits per heavy atom. The van der Waals surface area contributed by atoms with Crippen molar-refractivity contribution in [2.75, 3.05) is 13.2 Å². The molecule has 2 aromatic rings. The number of hydrogen-bond donors (Lipinski definition) is 0. The number of hydrogen-bond acceptors (Lipinski definition) is 5. The maximum absolute atomic E-state index is 13.0. The minimum atomic E-state index is -0.321. The molecule has 1 aliphatic carbocycles. The van der Waals surface area contributed by atoms with Gasteiger partial charge in [-0.25, -0.2) is 0 Å². The molecular weight excluding hydrogens is 344 g/mol. The monoisotopic (exact) mass is 368 g/mol. The number of amides is 1. The number of carbonyl (C=O) groups excluding carboxylic acids is 2. The summed E-state index contributed by atoms with van der Waals surface area (Å²) in [5.74, 6) is 0.339. The molecule has 0 aromatic carbocycles. The number of rotatable bonds is 5. The number of pyridine rings is 1. The second-order valence-corrected chi connectivity index (χ2v) is 7.29. The van der Waals surface area contributed by atoms with E-state index >= 15 is 0 Å². The maximum Gasteiger partial charge on any atom is 0.327 e. The Hall–Kier alpha value is -2.70. The molecule has 0 N–H and O–H groups in total. The summed E-state index contributed by atoms with van der Waals surface area (Å²) >= 11 is 0. The number of carbonyl (C=O) groups is 2. The van der Waals surface area contributed by atoms with Crippen LogP contribution in [-0.4, -0.2) is 50.7 Å². The summed E-state index contributed by atoms with van der Waals surface area (Å²) < 4.78 is 6.48. The Bertz CT molecular complexity index is 839. The molecule has 1 saturated carbocycles. The second kappa shape index (κ2) is 7.50. The van der Waals surface area contributed by atoms with Gasteiger partial charge in [-0.15, -0.1) is 0 Å². The third-order valence-electron chi connectivity index (χ3n) is 5.51. The summed E-state index contributed by atoms with van der Waals surface area (Å²) in [5.41, 5.74) is 2.18. The third-order valence-corrected chi connectivity index (χ3v) is 5.51. The van der Waals surface area contributed by atoms with Gasteiger partial charge in [0.25, 0.3) is 5.91 Å². The SMILES string of the molecule is CCOC(=O)Cn1cc(-c2ccnc(C(=O)N3CC4CCC3CC4)c2)cn1. The zero-order valence-corrected chi connectivity index (χ0v) is 15.5. The van der Waals surface area contributed by atoms with Crippen molar-refractivity contribution in [3.8, 4) is 11.1 Å². The van der Waals surface area contributed by atoms with E-state index in [-0.39, 0.29) is 18.4 Å². The molecule has 2 saturated heterocycles. The first-order chi connectivity index (χ1) is 13.1. The molecule has 0 unspecified atom stereocenters. The Balaban J connectivity index is 1.50. The number of piperidine rings is 2. The molecule has 5 rings (SSSR count). The predicted octanol–water partition coefficient (Wildman–Crippen LogP) is 2.52. The fraction of sp³-hybridized carbons (Fsp3) is 0.500.